The number of hydrogen-bond donors (Lipinski definition) is 2. The third-order valence-electron chi connectivity index (χ3n) is 6.20. The summed E-state index contributed by atoms with van der Waals surface area (Å²) in [4.78, 5) is 12.2. The van der Waals surface area contributed by atoms with E-state index in [-0.39, 0.29) is 11.9 Å². The number of nitrogens with two attached hydrogens (primary N) is 1. The summed E-state index contributed by atoms with van der Waals surface area (Å²) in [6.07, 6.45) is 9.95. The lowest BCUT2D eigenvalue weighted by Crippen LogP contribution is -2.56. The average Bonchev–Trinajstić information content (AvgIpc) is 3.16. The van der Waals surface area contributed by atoms with Gasteiger partial charge in [-0.2, -0.15) is 0 Å². The van der Waals surface area contributed by atoms with Gasteiger partial charge in [0.25, 0.3) is 0 Å². The Morgan fingerprint density at radius 3 is 2.16 bits per heavy atom. The molecule has 1 atom stereocenters. The average molecular weight is 262 g/mol. The van der Waals surface area contributed by atoms with Crippen LogP contribution in [-0.4, -0.2) is 18.0 Å². The summed E-state index contributed by atoms with van der Waals surface area (Å²) >= 11 is 0. The summed E-state index contributed by atoms with van der Waals surface area (Å²) in [5.74, 6) is 4.35. The maximum atomic E-state index is 12.2. The Balaban J connectivity index is 1.36. The van der Waals surface area contributed by atoms with E-state index in [4.69, 9.17) is 5.73 Å². The molecule has 0 aromatic heterocycles. The van der Waals surface area contributed by atoms with Gasteiger partial charge in [-0.1, -0.05) is 0 Å². The lowest BCUT2D eigenvalue weighted by molar-refractivity contribution is -0.125. The molecular formula is C16H26N2O. The molecule has 0 saturated heterocycles. The highest BCUT2D eigenvalue weighted by Gasteiger charge is 2.48. The maximum absolute atomic E-state index is 12.2. The lowest BCUT2D eigenvalue weighted by atomic mass is 9.54. The zero-order chi connectivity index (χ0) is 13.0. The molecule has 3 N–H and O–H groups in total. The molecule has 1 amide bonds. The zero-order valence-electron chi connectivity index (χ0n) is 11.7. The highest BCUT2D eigenvalue weighted by atomic mass is 16.1. The molecule has 0 heterocycles. The Kier molecular flexibility index (Phi) is 2.87. The molecule has 0 aliphatic heterocycles. The fourth-order valence-electron chi connectivity index (χ4n) is 5.31. The number of nitrogens with one attached hydrogen (secondary N) is 1. The Hall–Kier alpha value is -0.570. The van der Waals surface area contributed by atoms with Crippen LogP contribution in [0.5, 0.6) is 0 Å². The summed E-state index contributed by atoms with van der Waals surface area (Å²) in [6.45, 7) is 0. The van der Waals surface area contributed by atoms with E-state index in [1.54, 1.807) is 0 Å². The van der Waals surface area contributed by atoms with E-state index < -0.39 is 0 Å². The van der Waals surface area contributed by atoms with Crippen molar-refractivity contribution in [2.24, 2.45) is 35.3 Å². The van der Waals surface area contributed by atoms with Crippen LogP contribution in [0.2, 0.25) is 0 Å². The van der Waals surface area contributed by atoms with E-state index in [1.807, 2.05) is 0 Å². The van der Waals surface area contributed by atoms with Crippen molar-refractivity contribution in [1.82, 2.24) is 5.32 Å². The van der Waals surface area contributed by atoms with E-state index in [0.717, 1.165) is 23.7 Å². The molecule has 0 spiro atoms. The molecule has 106 valence electrons. The van der Waals surface area contributed by atoms with E-state index in [9.17, 15) is 4.79 Å². The molecule has 5 fully saturated rings. The van der Waals surface area contributed by atoms with Gasteiger partial charge in [0.1, 0.15) is 0 Å². The molecule has 1 unspecified atom stereocenters. The second-order valence-corrected chi connectivity index (χ2v) is 7.73. The van der Waals surface area contributed by atoms with Crippen LogP contribution in [0.3, 0.4) is 0 Å². The van der Waals surface area contributed by atoms with Gasteiger partial charge in [-0.25, -0.2) is 0 Å². The predicted molar refractivity (Wildman–Crippen MR) is 74.3 cm³/mol. The van der Waals surface area contributed by atoms with Gasteiger partial charge >= 0.3 is 0 Å². The Labute approximate surface area is 115 Å². The molecular weight excluding hydrogens is 236 g/mol. The number of carbonyl (C=O) groups is 1. The fourth-order valence-corrected chi connectivity index (χ4v) is 5.31. The van der Waals surface area contributed by atoms with Crippen LogP contribution in [0.1, 0.15) is 51.4 Å². The van der Waals surface area contributed by atoms with Gasteiger partial charge in [-0.3, -0.25) is 4.79 Å². The first-order chi connectivity index (χ1) is 9.19. The maximum Gasteiger partial charge on any atom is 0.221 e. The van der Waals surface area contributed by atoms with Crippen LogP contribution >= 0.6 is 0 Å². The van der Waals surface area contributed by atoms with Crippen molar-refractivity contribution < 1.29 is 4.79 Å². The first-order valence-electron chi connectivity index (χ1n) is 8.24. The molecule has 5 aliphatic carbocycles. The van der Waals surface area contributed by atoms with E-state index in [2.05, 4.69) is 5.32 Å². The SMILES string of the molecule is NC(CC(=O)NC1C2CC3CC(C2)CC1C3)C1CC1. The molecule has 5 aliphatic rings. The van der Waals surface area contributed by atoms with Gasteiger partial charge in [-0.05, 0) is 74.5 Å². The smallest absolute Gasteiger partial charge is 0.221 e. The first kappa shape index (κ1) is 12.2. The summed E-state index contributed by atoms with van der Waals surface area (Å²) < 4.78 is 0. The van der Waals surface area contributed by atoms with Crippen LogP contribution in [0, 0.1) is 29.6 Å². The Bertz CT molecular complexity index is 349. The number of hydrogen-bond acceptors (Lipinski definition) is 2. The number of rotatable bonds is 4. The molecule has 0 radical (unpaired) electrons. The largest absolute Gasteiger partial charge is 0.353 e. The molecule has 4 bridgehead atoms. The molecule has 19 heavy (non-hydrogen) atoms. The molecule has 0 aromatic rings. The highest BCUT2D eigenvalue weighted by molar-refractivity contribution is 5.77. The molecule has 5 rings (SSSR count). The first-order valence-corrected chi connectivity index (χ1v) is 8.24. The van der Waals surface area contributed by atoms with Gasteiger partial charge in [0.2, 0.25) is 5.91 Å². The molecule has 5 saturated carbocycles. The molecule has 3 heteroatoms. The molecule has 3 nitrogen and oxygen atoms in total. The minimum Gasteiger partial charge on any atom is -0.353 e. The minimum absolute atomic E-state index is 0.108. The van der Waals surface area contributed by atoms with Crippen LogP contribution < -0.4 is 11.1 Å². The van der Waals surface area contributed by atoms with Gasteiger partial charge in [-0.15, -0.1) is 0 Å². The monoisotopic (exact) mass is 262 g/mol. The fraction of sp³-hybridized carbons (Fsp3) is 0.938. The van der Waals surface area contributed by atoms with Crippen molar-refractivity contribution >= 4 is 5.91 Å². The Morgan fingerprint density at radius 2 is 1.63 bits per heavy atom. The van der Waals surface area contributed by atoms with E-state index >= 15 is 0 Å². The third kappa shape index (κ3) is 2.31. The number of amides is 1. The second kappa shape index (κ2) is 4.47. The zero-order valence-corrected chi connectivity index (χ0v) is 11.7. The number of carbonyl (C=O) groups excluding carboxylic acids is 1. The Morgan fingerprint density at radius 1 is 1.05 bits per heavy atom. The van der Waals surface area contributed by atoms with E-state index in [0.29, 0.717) is 18.4 Å². The van der Waals surface area contributed by atoms with Gasteiger partial charge < -0.3 is 11.1 Å². The van der Waals surface area contributed by atoms with Crippen LogP contribution in [-0.2, 0) is 4.79 Å². The van der Waals surface area contributed by atoms with Crippen molar-refractivity contribution in [3.63, 3.8) is 0 Å². The van der Waals surface area contributed by atoms with Gasteiger partial charge in [0.15, 0.2) is 0 Å². The van der Waals surface area contributed by atoms with Crippen molar-refractivity contribution in [2.45, 2.75) is 63.5 Å². The van der Waals surface area contributed by atoms with Gasteiger partial charge in [0, 0.05) is 18.5 Å². The highest BCUT2D eigenvalue weighted by Crippen LogP contribution is 2.53. The topological polar surface area (TPSA) is 55.1 Å². The van der Waals surface area contributed by atoms with Crippen LogP contribution in [0.25, 0.3) is 0 Å². The van der Waals surface area contributed by atoms with Crippen molar-refractivity contribution in [2.75, 3.05) is 0 Å². The van der Waals surface area contributed by atoms with E-state index in [1.165, 1.54) is 44.9 Å². The summed E-state index contributed by atoms with van der Waals surface area (Å²) in [6, 6.07) is 0.587. The van der Waals surface area contributed by atoms with Gasteiger partial charge in [0.05, 0.1) is 0 Å². The molecule has 0 aromatic carbocycles. The summed E-state index contributed by atoms with van der Waals surface area (Å²) in [5, 5.41) is 3.36. The summed E-state index contributed by atoms with van der Waals surface area (Å²) in [5.41, 5.74) is 6.07. The summed E-state index contributed by atoms with van der Waals surface area (Å²) in [7, 11) is 0. The third-order valence-corrected chi connectivity index (χ3v) is 6.20. The van der Waals surface area contributed by atoms with Crippen LogP contribution in [0.15, 0.2) is 0 Å². The minimum atomic E-state index is 0.108. The van der Waals surface area contributed by atoms with Crippen molar-refractivity contribution in [3.8, 4) is 0 Å². The van der Waals surface area contributed by atoms with Crippen LogP contribution in [0.4, 0.5) is 0 Å². The normalized spacial score (nSPS) is 45.2. The van der Waals surface area contributed by atoms with Crippen molar-refractivity contribution in [3.05, 3.63) is 0 Å². The lowest BCUT2D eigenvalue weighted by Gasteiger charge is -2.54. The second-order valence-electron chi connectivity index (χ2n) is 7.73. The van der Waals surface area contributed by atoms with Crippen molar-refractivity contribution in [1.29, 1.82) is 0 Å². The predicted octanol–water partition coefficient (Wildman–Crippen LogP) is 2.05. The standard InChI is InChI=1S/C16H26N2O/c17-14(11-1-2-11)8-15(19)18-16-12-4-9-3-10(6-12)7-13(16)5-9/h9-14,16H,1-8,17H2,(H,18,19). The quantitative estimate of drug-likeness (QED) is 0.815.